The van der Waals surface area contributed by atoms with Crippen LogP contribution in [-0.4, -0.2) is 35.9 Å². The van der Waals surface area contributed by atoms with E-state index in [1.807, 2.05) is 0 Å². The number of imidazole rings is 1. The van der Waals surface area contributed by atoms with E-state index in [2.05, 4.69) is 65.4 Å². The van der Waals surface area contributed by atoms with Gasteiger partial charge in [-0.15, -0.1) is 11.8 Å². The molecule has 4 nitrogen and oxygen atoms in total. The smallest absolute Gasteiger partial charge is 0.197 e. The SMILES string of the molecule is COCCCNc1c(-c2ccc(SC)cc2)nc2sc3cc(C)ccc3n12. The molecule has 0 aliphatic heterocycles. The van der Waals surface area contributed by atoms with E-state index in [4.69, 9.17) is 9.72 Å². The lowest BCUT2D eigenvalue weighted by atomic mass is 10.1. The number of nitrogens with zero attached hydrogens (tertiary/aromatic N) is 2. The van der Waals surface area contributed by atoms with Crippen LogP contribution in [0, 0.1) is 6.92 Å². The second-order valence-electron chi connectivity index (χ2n) is 6.50. The molecule has 2 aromatic heterocycles. The Morgan fingerprint density at radius 1 is 1.19 bits per heavy atom. The predicted octanol–water partition coefficient (Wildman–Crippen LogP) is 5.69. The number of rotatable bonds is 7. The van der Waals surface area contributed by atoms with Crippen LogP contribution in [0.2, 0.25) is 0 Å². The van der Waals surface area contributed by atoms with Crippen LogP contribution in [0.15, 0.2) is 47.4 Å². The third kappa shape index (κ3) is 3.57. The van der Waals surface area contributed by atoms with Gasteiger partial charge >= 0.3 is 0 Å². The number of nitrogens with one attached hydrogen (secondary N) is 1. The summed E-state index contributed by atoms with van der Waals surface area (Å²) in [4.78, 5) is 7.27. The van der Waals surface area contributed by atoms with Crippen LogP contribution in [0.3, 0.4) is 0 Å². The Morgan fingerprint density at radius 3 is 2.74 bits per heavy atom. The molecule has 0 aliphatic rings. The summed E-state index contributed by atoms with van der Waals surface area (Å²) in [5.41, 5.74) is 4.62. The number of aryl methyl sites for hydroxylation is 1. The fraction of sp³-hybridized carbons (Fsp3) is 0.286. The van der Waals surface area contributed by atoms with Crippen molar-refractivity contribution < 1.29 is 4.74 Å². The zero-order valence-electron chi connectivity index (χ0n) is 15.8. The van der Waals surface area contributed by atoms with Gasteiger partial charge in [0, 0.05) is 30.7 Å². The highest BCUT2D eigenvalue weighted by molar-refractivity contribution is 7.98. The number of hydrogen-bond donors (Lipinski definition) is 1. The fourth-order valence-electron chi connectivity index (χ4n) is 3.21. The third-order valence-corrected chi connectivity index (χ3v) is 6.33. The largest absolute Gasteiger partial charge is 0.385 e. The van der Waals surface area contributed by atoms with Crippen molar-refractivity contribution in [2.24, 2.45) is 0 Å². The summed E-state index contributed by atoms with van der Waals surface area (Å²) in [6.45, 7) is 3.72. The quantitative estimate of drug-likeness (QED) is 0.321. The molecular formula is C21H23N3OS2. The minimum Gasteiger partial charge on any atom is -0.385 e. The first-order valence-corrected chi connectivity index (χ1v) is 11.0. The van der Waals surface area contributed by atoms with Gasteiger partial charge in [-0.05, 0) is 49.4 Å². The Labute approximate surface area is 167 Å². The molecule has 2 heterocycles. The zero-order chi connectivity index (χ0) is 18.8. The van der Waals surface area contributed by atoms with Crippen molar-refractivity contribution in [1.82, 2.24) is 9.38 Å². The summed E-state index contributed by atoms with van der Waals surface area (Å²) in [7, 11) is 1.74. The maximum atomic E-state index is 5.19. The Hall–Kier alpha value is -2.02. The summed E-state index contributed by atoms with van der Waals surface area (Å²) >= 11 is 3.49. The van der Waals surface area contributed by atoms with Crippen LogP contribution in [-0.2, 0) is 4.74 Å². The zero-order valence-corrected chi connectivity index (χ0v) is 17.4. The maximum absolute atomic E-state index is 5.19. The lowest BCUT2D eigenvalue weighted by Gasteiger charge is -2.09. The summed E-state index contributed by atoms with van der Waals surface area (Å²) < 4.78 is 8.71. The van der Waals surface area contributed by atoms with Crippen molar-refractivity contribution in [3.8, 4) is 11.3 Å². The van der Waals surface area contributed by atoms with Gasteiger partial charge in [0.2, 0.25) is 0 Å². The average molecular weight is 398 g/mol. The fourth-order valence-corrected chi connectivity index (χ4v) is 4.75. The van der Waals surface area contributed by atoms with Gasteiger partial charge in [-0.3, -0.25) is 4.40 Å². The Kier molecular flexibility index (Phi) is 5.38. The van der Waals surface area contributed by atoms with Crippen LogP contribution in [0.25, 0.3) is 26.4 Å². The summed E-state index contributed by atoms with van der Waals surface area (Å²) in [5.74, 6) is 1.06. The van der Waals surface area contributed by atoms with E-state index in [1.165, 1.54) is 20.7 Å². The molecule has 0 aliphatic carbocycles. The van der Waals surface area contributed by atoms with Crippen molar-refractivity contribution in [2.45, 2.75) is 18.2 Å². The van der Waals surface area contributed by atoms with Gasteiger partial charge in [0.15, 0.2) is 4.96 Å². The molecule has 0 saturated heterocycles. The summed E-state index contributed by atoms with van der Waals surface area (Å²) in [6, 6.07) is 15.2. The standard InChI is InChI=1S/C21H23N3OS2/c1-14-5-10-17-18(13-14)27-21-23-19(15-6-8-16(26-3)9-7-15)20(24(17)21)22-11-4-12-25-2/h5-10,13,22H,4,11-12H2,1-3H3. The lowest BCUT2D eigenvalue weighted by molar-refractivity contribution is 0.198. The summed E-state index contributed by atoms with van der Waals surface area (Å²) in [5, 5.41) is 3.61. The molecule has 4 aromatic rings. The van der Waals surface area contributed by atoms with E-state index in [0.29, 0.717) is 0 Å². The van der Waals surface area contributed by atoms with Crippen molar-refractivity contribution in [3.63, 3.8) is 0 Å². The number of thiazole rings is 1. The molecule has 0 bridgehead atoms. The minimum atomic E-state index is 0.746. The maximum Gasteiger partial charge on any atom is 0.197 e. The lowest BCUT2D eigenvalue weighted by Crippen LogP contribution is -2.07. The number of anilines is 1. The van der Waals surface area contributed by atoms with Crippen LogP contribution >= 0.6 is 23.1 Å². The van der Waals surface area contributed by atoms with Crippen LogP contribution in [0.4, 0.5) is 5.82 Å². The molecule has 140 valence electrons. The highest BCUT2D eigenvalue weighted by Crippen LogP contribution is 2.36. The van der Waals surface area contributed by atoms with Gasteiger partial charge in [0.25, 0.3) is 0 Å². The van der Waals surface area contributed by atoms with E-state index in [1.54, 1.807) is 30.2 Å². The predicted molar refractivity (Wildman–Crippen MR) is 118 cm³/mol. The first-order chi connectivity index (χ1) is 13.2. The van der Waals surface area contributed by atoms with Gasteiger partial charge in [-0.2, -0.15) is 0 Å². The van der Waals surface area contributed by atoms with Crippen LogP contribution in [0.1, 0.15) is 12.0 Å². The molecule has 0 unspecified atom stereocenters. The molecule has 2 aromatic carbocycles. The number of aromatic nitrogens is 2. The molecule has 0 fully saturated rings. The van der Waals surface area contributed by atoms with Gasteiger partial charge in [-0.1, -0.05) is 29.5 Å². The van der Waals surface area contributed by atoms with Crippen LogP contribution in [0.5, 0.6) is 0 Å². The first-order valence-electron chi connectivity index (χ1n) is 9.00. The third-order valence-electron chi connectivity index (χ3n) is 4.59. The van der Waals surface area contributed by atoms with E-state index in [-0.39, 0.29) is 0 Å². The normalized spacial score (nSPS) is 11.5. The summed E-state index contributed by atoms with van der Waals surface area (Å²) in [6.07, 6.45) is 3.05. The van der Waals surface area contributed by atoms with Gasteiger partial charge < -0.3 is 10.1 Å². The van der Waals surface area contributed by atoms with Gasteiger partial charge in [0.1, 0.15) is 11.5 Å². The van der Waals surface area contributed by atoms with E-state index in [9.17, 15) is 0 Å². The molecule has 1 N–H and O–H groups in total. The molecular weight excluding hydrogens is 374 g/mol. The van der Waals surface area contributed by atoms with Crippen molar-refractivity contribution >= 4 is 44.1 Å². The number of hydrogen-bond acceptors (Lipinski definition) is 5. The number of thioether (sulfide) groups is 1. The van der Waals surface area contributed by atoms with Crippen molar-refractivity contribution in [1.29, 1.82) is 0 Å². The Bertz CT molecular complexity index is 1070. The Balaban J connectivity index is 1.83. The molecule has 0 saturated carbocycles. The number of methoxy groups -OCH3 is 1. The number of ether oxygens (including phenoxy) is 1. The number of fused-ring (bicyclic) bond motifs is 3. The van der Waals surface area contributed by atoms with E-state index in [0.717, 1.165) is 41.6 Å². The molecule has 0 spiro atoms. The van der Waals surface area contributed by atoms with E-state index >= 15 is 0 Å². The highest BCUT2D eigenvalue weighted by Gasteiger charge is 2.18. The molecule has 0 radical (unpaired) electrons. The van der Waals surface area contributed by atoms with E-state index < -0.39 is 0 Å². The molecule has 0 atom stereocenters. The topological polar surface area (TPSA) is 38.6 Å². The highest BCUT2D eigenvalue weighted by atomic mass is 32.2. The number of benzene rings is 2. The molecule has 0 amide bonds. The van der Waals surface area contributed by atoms with Crippen molar-refractivity contribution in [3.05, 3.63) is 48.0 Å². The van der Waals surface area contributed by atoms with Gasteiger partial charge in [0.05, 0.1) is 10.2 Å². The second-order valence-corrected chi connectivity index (χ2v) is 8.39. The monoisotopic (exact) mass is 397 g/mol. The average Bonchev–Trinajstić information content (AvgIpc) is 3.21. The van der Waals surface area contributed by atoms with Crippen molar-refractivity contribution in [2.75, 3.05) is 31.8 Å². The Morgan fingerprint density at radius 2 is 2.00 bits per heavy atom. The molecule has 4 rings (SSSR count). The van der Waals surface area contributed by atoms with Crippen LogP contribution < -0.4 is 5.32 Å². The second kappa shape index (κ2) is 7.92. The minimum absolute atomic E-state index is 0.746. The molecule has 6 heteroatoms. The first kappa shape index (κ1) is 18.3. The van der Waals surface area contributed by atoms with Gasteiger partial charge in [-0.25, -0.2) is 4.98 Å². The molecule has 27 heavy (non-hydrogen) atoms.